The van der Waals surface area contributed by atoms with Gasteiger partial charge in [-0.05, 0) is 26.0 Å². The lowest BCUT2D eigenvalue weighted by atomic mass is 10.1. The normalized spacial score (nSPS) is 11.9. The van der Waals surface area contributed by atoms with E-state index < -0.39 is 5.82 Å². The number of aromatic nitrogens is 1. The number of rotatable bonds is 3. The van der Waals surface area contributed by atoms with Gasteiger partial charge in [0.25, 0.3) is 0 Å². The van der Waals surface area contributed by atoms with Crippen molar-refractivity contribution in [2.24, 2.45) is 0 Å². The first-order valence-corrected chi connectivity index (χ1v) is 5.49. The topological polar surface area (TPSA) is 61.9 Å². The minimum absolute atomic E-state index is 0.00683. The fourth-order valence-electron chi connectivity index (χ4n) is 1.63. The molecule has 0 aliphatic heterocycles. The van der Waals surface area contributed by atoms with Crippen LogP contribution in [0.25, 0.3) is 0 Å². The molecule has 5 heteroatoms. The summed E-state index contributed by atoms with van der Waals surface area (Å²) in [5, 5.41) is 11.9. The Morgan fingerprint density at radius 1 is 1.50 bits per heavy atom. The van der Waals surface area contributed by atoms with E-state index in [1.807, 2.05) is 13.0 Å². The van der Waals surface area contributed by atoms with Crippen LogP contribution in [-0.4, -0.2) is 4.98 Å². The van der Waals surface area contributed by atoms with Gasteiger partial charge in [0.1, 0.15) is 29.3 Å². The molecule has 92 valence electrons. The van der Waals surface area contributed by atoms with Gasteiger partial charge in [0.2, 0.25) is 5.89 Å². The van der Waals surface area contributed by atoms with E-state index in [-0.39, 0.29) is 11.6 Å². The molecular weight excluding hydrogens is 233 g/mol. The Morgan fingerprint density at radius 3 is 2.89 bits per heavy atom. The number of nitrogens with zero attached hydrogens (tertiary/aromatic N) is 2. The van der Waals surface area contributed by atoms with Gasteiger partial charge in [0, 0.05) is 0 Å². The lowest BCUT2D eigenvalue weighted by Gasteiger charge is -2.13. The summed E-state index contributed by atoms with van der Waals surface area (Å²) in [6, 6.07) is 6.04. The van der Waals surface area contributed by atoms with Gasteiger partial charge in [-0.15, -0.1) is 0 Å². The second-order valence-corrected chi connectivity index (χ2v) is 3.95. The number of anilines is 1. The Balaban J connectivity index is 2.25. The van der Waals surface area contributed by atoms with Crippen molar-refractivity contribution in [2.45, 2.75) is 19.9 Å². The monoisotopic (exact) mass is 245 g/mol. The minimum atomic E-state index is -0.543. The molecule has 4 nitrogen and oxygen atoms in total. The Hall–Kier alpha value is -2.35. The number of halogens is 1. The first kappa shape index (κ1) is 12.1. The highest BCUT2D eigenvalue weighted by Crippen LogP contribution is 2.23. The number of oxazole rings is 1. The molecule has 1 unspecified atom stereocenters. The first-order valence-electron chi connectivity index (χ1n) is 5.49. The number of benzene rings is 1. The summed E-state index contributed by atoms with van der Waals surface area (Å²) in [6.07, 6.45) is 1.62. The van der Waals surface area contributed by atoms with Crippen molar-refractivity contribution in [1.29, 1.82) is 5.26 Å². The van der Waals surface area contributed by atoms with Crippen LogP contribution >= 0.6 is 0 Å². The van der Waals surface area contributed by atoms with E-state index in [0.29, 0.717) is 17.3 Å². The van der Waals surface area contributed by atoms with Crippen LogP contribution < -0.4 is 5.32 Å². The van der Waals surface area contributed by atoms with Crippen LogP contribution in [0.4, 0.5) is 10.1 Å². The number of aryl methyl sites for hydroxylation is 1. The third kappa shape index (κ3) is 2.33. The maximum absolute atomic E-state index is 13.4. The van der Waals surface area contributed by atoms with Gasteiger partial charge in [0.05, 0.1) is 11.9 Å². The second-order valence-electron chi connectivity index (χ2n) is 3.95. The van der Waals surface area contributed by atoms with E-state index in [1.54, 1.807) is 25.3 Å². The third-order valence-electron chi connectivity index (χ3n) is 2.51. The molecular formula is C13H12FN3O. The molecule has 0 saturated heterocycles. The molecule has 1 aromatic carbocycles. The average Bonchev–Trinajstić information content (AvgIpc) is 2.76. The summed E-state index contributed by atoms with van der Waals surface area (Å²) in [5.41, 5.74) is 0.425. The summed E-state index contributed by atoms with van der Waals surface area (Å²) in [6.45, 7) is 3.63. The molecule has 0 saturated carbocycles. The van der Waals surface area contributed by atoms with E-state index in [4.69, 9.17) is 9.68 Å². The quantitative estimate of drug-likeness (QED) is 0.902. The van der Waals surface area contributed by atoms with Gasteiger partial charge < -0.3 is 9.73 Å². The van der Waals surface area contributed by atoms with Gasteiger partial charge in [0.15, 0.2) is 0 Å². The van der Waals surface area contributed by atoms with Crippen molar-refractivity contribution in [3.8, 4) is 6.07 Å². The van der Waals surface area contributed by atoms with Crippen LogP contribution in [0.15, 0.2) is 28.8 Å². The molecule has 1 heterocycles. The fraction of sp³-hybridized carbons (Fsp3) is 0.231. The first-order chi connectivity index (χ1) is 8.61. The van der Waals surface area contributed by atoms with Crippen LogP contribution in [0, 0.1) is 24.1 Å². The molecule has 0 aliphatic carbocycles. The number of nitriles is 1. The van der Waals surface area contributed by atoms with Crippen molar-refractivity contribution in [2.75, 3.05) is 5.32 Å². The maximum atomic E-state index is 13.4. The zero-order valence-corrected chi connectivity index (χ0v) is 10.1. The van der Waals surface area contributed by atoms with Crippen LogP contribution in [0.5, 0.6) is 0 Å². The molecule has 2 rings (SSSR count). The Kier molecular flexibility index (Phi) is 3.28. The smallest absolute Gasteiger partial charge is 0.216 e. The molecule has 0 bridgehead atoms. The predicted octanol–water partition coefficient (Wildman–Crippen LogP) is 3.17. The predicted molar refractivity (Wildman–Crippen MR) is 64.4 cm³/mol. The van der Waals surface area contributed by atoms with Crippen molar-refractivity contribution < 1.29 is 8.81 Å². The van der Waals surface area contributed by atoms with Gasteiger partial charge in [-0.25, -0.2) is 9.37 Å². The van der Waals surface area contributed by atoms with Gasteiger partial charge >= 0.3 is 0 Å². The molecule has 0 aliphatic rings. The number of nitrogens with one attached hydrogen (secondary N) is 1. The van der Waals surface area contributed by atoms with Gasteiger partial charge in [-0.3, -0.25) is 0 Å². The Morgan fingerprint density at radius 2 is 2.28 bits per heavy atom. The van der Waals surface area contributed by atoms with Crippen molar-refractivity contribution in [3.63, 3.8) is 0 Å². The fourth-order valence-corrected chi connectivity index (χ4v) is 1.63. The standard InChI is InChI=1S/C13H12FN3O/c1-8-7-16-13(18-8)9(2)17-12-5-3-4-11(14)10(12)6-15/h3-5,7,9,17H,1-2H3. The molecule has 2 aromatic rings. The third-order valence-corrected chi connectivity index (χ3v) is 2.51. The Bertz CT molecular complexity index is 601. The molecule has 1 N–H and O–H groups in total. The van der Waals surface area contributed by atoms with Crippen molar-refractivity contribution >= 4 is 5.69 Å². The van der Waals surface area contributed by atoms with Gasteiger partial charge in [-0.1, -0.05) is 6.07 Å². The molecule has 0 radical (unpaired) electrons. The minimum Gasteiger partial charge on any atom is -0.444 e. The summed E-state index contributed by atoms with van der Waals surface area (Å²) in [5.74, 6) is 0.664. The highest BCUT2D eigenvalue weighted by atomic mass is 19.1. The number of hydrogen-bond acceptors (Lipinski definition) is 4. The molecule has 0 amide bonds. The SMILES string of the molecule is Cc1cnc(C(C)Nc2cccc(F)c2C#N)o1. The van der Waals surface area contributed by atoms with Crippen LogP contribution in [0.1, 0.15) is 30.2 Å². The summed E-state index contributed by atoms with van der Waals surface area (Å²) in [7, 11) is 0. The van der Waals surface area contributed by atoms with E-state index in [2.05, 4.69) is 10.3 Å². The molecule has 0 spiro atoms. The molecule has 1 aromatic heterocycles. The highest BCUT2D eigenvalue weighted by molar-refractivity contribution is 5.58. The molecule has 18 heavy (non-hydrogen) atoms. The van der Waals surface area contributed by atoms with E-state index >= 15 is 0 Å². The van der Waals surface area contributed by atoms with E-state index in [9.17, 15) is 4.39 Å². The summed E-state index contributed by atoms with van der Waals surface area (Å²) >= 11 is 0. The molecule has 0 fully saturated rings. The van der Waals surface area contributed by atoms with Crippen molar-refractivity contribution in [3.05, 3.63) is 47.4 Å². The number of hydrogen-bond donors (Lipinski definition) is 1. The summed E-state index contributed by atoms with van der Waals surface area (Å²) in [4.78, 5) is 4.08. The zero-order valence-electron chi connectivity index (χ0n) is 10.1. The largest absolute Gasteiger partial charge is 0.444 e. The molecule has 1 atom stereocenters. The highest BCUT2D eigenvalue weighted by Gasteiger charge is 2.14. The lowest BCUT2D eigenvalue weighted by Crippen LogP contribution is -2.08. The van der Waals surface area contributed by atoms with E-state index in [1.165, 1.54) is 6.07 Å². The summed E-state index contributed by atoms with van der Waals surface area (Å²) < 4.78 is 18.8. The van der Waals surface area contributed by atoms with Crippen LogP contribution in [-0.2, 0) is 0 Å². The van der Waals surface area contributed by atoms with Crippen LogP contribution in [0.2, 0.25) is 0 Å². The van der Waals surface area contributed by atoms with Gasteiger partial charge in [-0.2, -0.15) is 5.26 Å². The zero-order chi connectivity index (χ0) is 13.1. The van der Waals surface area contributed by atoms with Crippen molar-refractivity contribution in [1.82, 2.24) is 4.98 Å². The Labute approximate surface area is 104 Å². The van der Waals surface area contributed by atoms with E-state index in [0.717, 1.165) is 0 Å². The average molecular weight is 245 g/mol. The lowest BCUT2D eigenvalue weighted by molar-refractivity contribution is 0.453. The van der Waals surface area contributed by atoms with Crippen LogP contribution in [0.3, 0.4) is 0 Å². The second kappa shape index (κ2) is 4.88. The maximum Gasteiger partial charge on any atom is 0.216 e.